The highest BCUT2D eigenvalue weighted by atomic mass is 35.5. The fraction of sp³-hybridized carbons (Fsp3) is 0.321. The number of nitrogens with one attached hydrogen (secondary N) is 1. The summed E-state index contributed by atoms with van der Waals surface area (Å²) in [6.07, 6.45) is 2.72. The van der Waals surface area contributed by atoms with Crippen LogP contribution in [0.4, 0.5) is 5.69 Å². The average Bonchev–Trinajstić information content (AvgIpc) is 2.92. The molecule has 0 saturated carbocycles. The van der Waals surface area contributed by atoms with Crippen LogP contribution in [0.1, 0.15) is 30.4 Å². The molecule has 37 heavy (non-hydrogen) atoms. The SMILES string of the molecule is O=C(NCc1ccccc1CN1CCCCC1)C1CN(S(=O)(=O)c2ccc(Cl)cc2)c2ccccc2O1. The Morgan fingerprint density at radius 3 is 2.35 bits per heavy atom. The number of hydrogen-bond acceptors (Lipinski definition) is 5. The van der Waals surface area contributed by atoms with Gasteiger partial charge in [-0.1, -0.05) is 54.4 Å². The van der Waals surface area contributed by atoms with Crippen molar-refractivity contribution in [3.63, 3.8) is 0 Å². The second-order valence-corrected chi connectivity index (χ2v) is 11.7. The minimum Gasteiger partial charge on any atom is -0.476 e. The van der Waals surface area contributed by atoms with Crippen LogP contribution in [-0.4, -0.2) is 45.0 Å². The van der Waals surface area contributed by atoms with Crippen molar-refractivity contribution < 1.29 is 17.9 Å². The molecule has 3 aromatic rings. The molecule has 1 unspecified atom stereocenters. The van der Waals surface area contributed by atoms with Gasteiger partial charge in [0.2, 0.25) is 0 Å². The van der Waals surface area contributed by atoms with E-state index in [9.17, 15) is 13.2 Å². The number of sulfonamides is 1. The minimum atomic E-state index is -3.94. The molecule has 0 radical (unpaired) electrons. The second kappa shape index (κ2) is 11.1. The number of fused-ring (bicyclic) bond motifs is 1. The van der Waals surface area contributed by atoms with Crippen LogP contribution in [0.5, 0.6) is 5.75 Å². The molecular weight excluding hydrogens is 510 g/mol. The third-order valence-electron chi connectivity index (χ3n) is 6.84. The summed E-state index contributed by atoms with van der Waals surface area (Å²) in [6, 6.07) is 20.9. The number of carbonyl (C=O) groups excluding carboxylic acids is 1. The maximum absolute atomic E-state index is 13.5. The number of nitrogens with zero attached hydrogens (tertiary/aromatic N) is 2. The molecule has 194 valence electrons. The van der Waals surface area contributed by atoms with Crippen LogP contribution < -0.4 is 14.4 Å². The highest BCUT2D eigenvalue weighted by Gasteiger charge is 2.37. The van der Waals surface area contributed by atoms with E-state index in [1.165, 1.54) is 53.4 Å². The molecule has 7 nitrogen and oxygen atoms in total. The van der Waals surface area contributed by atoms with E-state index in [4.69, 9.17) is 16.3 Å². The van der Waals surface area contributed by atoms with E-state index in [-0.39, 0.29) is 17.3 Å². The fourth-order valence-electron chi connectivity index (χ4n) is 4.84. The van der Waals surface area contributed by atoms with Crippen molar-refractivity contribution >= 4 is 33.2 Å². The van der Waals surface area contributed by atoms with E-state index in [0.29, 0.717) is 23.0 Å². The molecular formula is C28H30ClN3O4S. The number of hydrogen-bond donors (Lipinski definition) is 1. The van der Waals surface area contributed by atoms with Crippen LogP contribution in [0, 0.1) is 0 Å². The Labute approximate surface area is 223 Å². The molecule has 1 N–H and O–H groups in total. The standard InChI is InChI=1S/C28H30ClN3O4S/c29-23-12-14-24(15-13-23)37(34,35)32-20-27(36-26-11-5-4-10-25(26)32)28(33)30-18-21-8-2-3-9-22(21)19-31-16-6-1-7-17-31/h2-5,8-15,27H,1,6-7,16-20H2,(H,30,33). The van der Waals surface area contributed by atoms with E-state index in [0.717, 1.165) is 25.2 Å². The Bertz CT molecular complexity index is 1360. The molecule has 5 rings (SSSR count). The van der Waals surface area contributed by atoms with Crippen LogP contribution in [0.25, 0.3) is 0 Å². The summed E-state index contributed by atoms with van der Waals surface area (Å²) in [6.45, 7) is 3.24. The highest BCUT2D eigenvalue weighted by Crippen LogP contribution is 2.37. The van der Waals surface area contributed by atoms with Crippen molar-refractivity contribution in [3.05, 3.63) is 88.9 Å². The predicted molar refractivity (Wildman–Crippen MR) is 144 cm³/mol. The Hall–Kier alpha value is -3.07. The molecule has 0 aromatic heterocycles. The number of para-hydroxylation sites is 2. The lowest BCUT2D eigenvalue weighted by molar-refractivity contribution is -0.127. The van der Waals surface area contributed by atoms with Crippen LogP contribution >= 0.6 is 11.6 Å². The lowest BCUT2D eigenvalue weighted by Crippen LogP contribution is -2.50. The van der Waals surface area contributed by atoms with Crippen molar-refractivity contribution in [2.45, 2.75) is 43.4 Å². The number of benzene rings is 3. The first-order valence-electron chi connectivity index (χ1n) is 12.5. The second-order valence-electron chi connectivity index (χ2n) is 9.39. The van der Waals surface area contributed by atoms with Gasteiger partial charge in [0.25, 0.3) is 15.9 Å². The van der Waals surface area contributed by atoms with Crippen molar-refractivity contribution in [3.8, 4) is 5.75 Å². The number of amides is 1. The molecule has 1 fully saturated rings. The van der Waals surface area contributed by atoms with Gasteiger partial charge < -0.3 is 10.1 Å². The molecule has 9 heteroatoms. The van der Waals surface area contributed by atoms with Gasteiger partial charge in [0.1, 0.15) is 5.75 Å². The number of ether oxygens (including phenoxy) is 1. The highest BCUT2D eigenvalue weighted by molar-refractivity contribution is 7.92. The number of rotatable bonds is 7. The van der Waals surface area contributed by atoms with Crippen molar-refractivity contribution in [1.29, 1.82) is 0 Å². The first-order valence-corrected chi connectivity index (χ1v) is 14.3. The molecule has 2 heterocycles. The quantitative estimate of drug-likeness (QED) is 0.475. The fourth-order valence-corrected chi connectivity index (χ4v) is 6.44. The van der Waals surface area contributed by atoms with Gasteiger partial charge in [0.05, 0.1) is 17.1 Å². The van der Waals surface area contributed by atoms with Crippen molar-refractivity contribution in [1.82, 2.24) is 10.2 Å². The predicted octanol–water partition coefficient (Wildman–Crippen LogP) is 4.60. The lowest BCUT2D eigenvalue weighted by atomic mass is 10.0. The molecule has 0 aliphatic carbocycles. The summed E-state index contributed by atoms with van der Waals surface area (Å²) in [4.78, 5) is 15.8. The van der Waals surface area contributed by atoms with Gasteiger partial charge in [-0.2, -0.15) is 0 Å². The maximum Gasteiger partial charge on any atom is 0.264 e. The smallest absolute Gasteiger partial charge is 0.264 e. The van der Waals surface area contributed by atoms with E-state index in [1.54, 1.807) is 24.3 Å². The molecule has 3 aromatic carbocycles. The third-order valence-corrected chi connectivity index (χ3v) is 8.89. The monoisotopic (exact) mass is 539 g/mol. The summed E-state index contributed by atoms with van der Waals surface area (Å²) in [5.74, 6) is -0.0180. The lowest BCUT2D eigenvalue weighted by Gasteiger charge is -2.34. The summed E-state index contributed by atoms with van der Waals surface area (Å²) in [7, 11) is -3.94. The number of anilines is 1. The van der Waals surface area contributed by atoms with Gasteiger partial charge in [0, 0.05) is 18.1 Å². The number of piperidine rings is 1. The van der Waals surface area contributed by atoms with Gasteiger partial charge in [0.15, 0.2) is 6.10 Å². The zero-order chi connectivity index (χ0) is 25.8. The van der Waals surface area contributed by atoms with Crippen molar-refractivity contribution in [2.24, 2.45) is 0 Å². The molecule has 1 amide bonds. The van der Waals surface area contributed by atoms with Gasteiger partial charge in [-0.25, -0.2) is 8.42 Å². The number of halogens is 1. The van der Waals surface area contributed by atoms with Crippen LogP contribution in [0.3, 0.4) is 0 Å². The van der Waals surface area contributed by atoms with E-state index in [2.05, 4.69) is 16.3 Å². The molecule has 0 spiro atoms. The first-order chi connectivity index (χ1) is 17.9. The normalized spacial score (nSPS) is 18.1. The Morgan fingerprint density at radius 2 is 1.59 bits per heavy atom. The first kappa shape index (κ1) is 25.6. The Morgan fingerprint density at radius 1 is 0.919 bits per heavy atom. The molecule has 1 saturated heterocycles. The summed E-state index contributed by atoms with van der Waals surface area (Å²) >= 11 is 5.96. The van der Waals surface area contributed by atoms with E-state index in [1.807, 2.05) is 18.2 Å². The molecule has 2 aliphatic heterocycles. The van der Waals surface area contributed by atoms with Crippen LogP contribution in [-0.2, 0) is 27.9 Å². The topological polar surface area (TPSA) is 79.0 Å². The zero-order valence-corrected chi connectivity index (χ0v) is 22.0. The van der Waals surface area contributed by atoms with Crippen LogP contribution in [0.2, 0.25) is 5.02 Å². The Kier molecular flexibility index (Phi) is 7.69. The zero-order valence-electron chi connectivity index (χ0n) is 20.5. The third kappa shape index (κ3) is 5.76. The van der Waals surface area contributed by atoms with Gasteiger partial charge >= 0.3 is 0 Å². The van der Waals surface area contributed by atoms with E-state index < -0.39 is 16.1 Å². The van der Waals surface area contributed by atoms with Gasteiger partial charge in [-0.05, 0) is 73.5 Å². The number of carbonyl (C=O) groups is 1. The van der Waals surface area contributed by atoms with Gasteiger partial charge in [-0.15, -0.1) is 0 Å². The average molecular weight is 540 g/mol. The molecule has 1 atom stereocenters. The Balaban J connectivity index is 1.32. The van der Waals surface area contributed by atoms with Crippen LogP contribution in [0.15, 0.2) is 77.7 Å². The number of likely N-dealkylation sites (tertiary alicyclic amines) is 1. The molecule has 0 bridgehead atoms. The summed E-state index contributed by atoms with van der Waals surface area (Å²) in [5, 5.41) is 3.42. The van der Waals surface area contributed by atoms with E-state index >= 15 is 0 Å². The summed E-state index contributed by atoms with van der Waals surface area (Å²) in [5.41, 5.74) is 2.63. The largest absolute Gasteiger partial charge is 0.476 e. The maximum atomic E-state index is 13.5. The van der Waals surface area contributed by atoms with Crippen molar-refractivity contribution in [2.75, 3.05) is 23.9 Å². The van der Waals surface area contributed by atoms with Gasteiger partial charge in [-0.3, -0.25) is 14.0 Å². The molecule has 2 aliphatic rings. The summed E-state index contributed by atoms with van der Waals surface area (Å²) < 4.78 is 34.3. The minimum absolute atomic E-state index is 0.0967.